The van der Waals surface area contributed by atoms with Gasteiger partial charge in [-0.25, -0.2) is 0 Å². The first-order chi connectivity index (χ1) is 10.5. The first-order valence-electron chi connectivity index (χ1n) is 6.51. The van der Waals surface area contributed by atoms with Gasteiger partial charge in [0.25, 0.3) is 0 Å². The summed E-state index contributed by atoms with van der Waals surface area (Å²) in [5, 5.41) is 11.0. The second-order valence-electron chi connectivity index (χ2n) is 4.72. The van der Waals surface area contributed by atoms with Crippen LogP contribution in [0.2, 0.25) is 0 Å². The van der Waals surface area contributed by atoms with E-state index in [-0.39, 0.29) is 5.75 Å². The van der Waals surface area contributed by atoms with E-state index in [9.17, 15) is 13.2 Å². The summed E-state index contributed by atoms with van der Waals surface area (Å²) in [5.41, 5.74) is 2.66. The molecule has 2 N–H and O–H groups in total. The molecule has 0 aliphatic carbocycles. The topological polar surface area (TPSA) is 49.9 Å². The zero-order valence-electron chi connectivity index (χ0n) is 11.3. The fourth-order valence-electron chi connectivity index (χ4n) is 2.06. The van der Waals surface area contributed by atoms with Gasteiger partial charge in [-0.2, -0.15) is 5.10 Å². The fourth-order valence-corrected chi connectivity index (χ4v) is 2.06. The fraction of sp³-hybridized carbons (Fsp3) is 0.133. The molecule has 114 valence electrons. The van der Waals surface area contributed by atoms with Crippen molar-refractivity contribution in [2.75, 3.05) is 5.32 Å². The van der Waals surface area contributed by atoms with E-state index in [0.29, 0.717) is 6.54 Å². The summed E-state index contributed by atoms with van der Waals surface area (Å²) in [4.78, 5) is 0. The van der Waals surface area contributed by atoms with Crippen molar-refractivity contribution in [2.24, 2.45) is 0 Å². The molecule has 4 nitrogen and oxygen atoms in total. The van der Waals surface area contributed by atoms with Gasteiger partial charge in [0.1, 0.15) is 5.75 Å². The number of anilines is 1. The molecular formula is C15H12F3N3O. The van der Waals surface area contributed by atoms with Crippen molar-refractivity contribution in [1.29, 1.82) is 0 Å². The van der Waals surface area contributed by atoms with E-state index in [1.54, 1.807) is 18.3 Å². The van der Waals surface area contributed by atoms with E-state index in [1.165, 1.54) is 12.1 Å². The van der Waals surface area contributed by atoms with E-state index in [2.05, 4.69) is 20.3 Å². The number of nitrogens with one attached hydrogen (secondary N) is 2. The second-order valence-corrected chi connectivity index (χ2v) is 4.72. The third-order valence-electron chi connectivity index (χ3n) is 3.10. The molecule has 0 aliphatic heterocycles. The molecule has 0 unspecified atom stereocenters. The Kier molecular flexibility index (Phi) is 3.62. The van der Waals surface area contributed by atoms with Crippen molar-refractivity contribution in [3.05, 3.63) is 54.2 Å². The number of rotatable bonds is 4. The van der Waals surface area contributed by atoms with Crippen LogP contribution in [0.1, 0.15) is 5.56 Å². The van der Waals surface area contributed by atoms with Gasteiger partial charge in [0.15, 0.2) is 0 Å². The monoisotopic (exact) mass is 307 g/mol. The minimum atomic E-state index is -4.67. The standard InChI is InChI=1S/C15H12F3N3O/c16-15(17,18)22-13-5-1-10(2-6-13)8-19-12-4-3-11-9-20-21-14(11)7-12/h1-7,9,19H,8H2,(H,20,21). The van der Waals surface area contributed by atoms with Gasteiger partial charge in [-0.3, -0.25) is 5.10 Å². The summed E-state index contributed by atoms with van der Waals surface area (Å²) in [5.74, 6) is -0.227. The zero-order chi connectivity index (χ0) is 15.6. The Labute approximate surface area is 123 Å². The molecule has 22 heavy (non-hydrogen) atoms. The summed E-state index contributed by atoms with van der Waals surface area (Å²) in [6, 6.07) is 11.5. The quantitative estimate of drug-likeness (QED) is 0.764. The molecule has 1 heterocycles. The van der Waals surface area contributed by atoms with Crippen LogP contribution in [0.5, 0.6) is 5.75 Å². The highest BCUT2D eigenvalue weighted by molar-refractivity contribution is 5.81. The lowest BCUT2D eigenvalue weighted by atomic mass is 10.2. The molecule has 0 amide bonds. The molecule has 2 aromatic carbocycles. The molecule has 0 spiro atoms. The Balaban J connectivity index is 1.63. The molecule has 0 aliphatic rings. The summed E-state index contributed by atoms with van der Waals surface area (Å²) < 4.78 is 40.0. The van der Waals surface area contributed by atoms with Crippen molar-refractivity contribution in [3.8, 4) is 5.75 Å². The molecule has 3 aromatic rings. The largest absolute Gasteiger partial charge is 0.573 e. The summed E-state index contributed by atoms with van der Waals surface area (Å²) in [7, 11) is 0. The van der Waals surface area contributed by atoms with Gasteiger partial charge in [-0.15, -0.1) is 13.2 Å². The van der Waals surface area contributed by atoms with Crippen LogP contribution in [0.3, 0.4) is 0 Å². The average Bonchev–Trinajstić information content (AvgIpc) is 2.92. The Bertz CT molecular complexity index is 766. The van der Waals surface area contributed by atoms with Crippen molar-refractivity contribution >= 4 is 16.6 Å². The Hall–Kier alpha value is -2.70. The number of hydrogen-bond acceptors (Lipinski definition) is 3. The van der Waals surface area contributed by atoms with Gasteiger partial charge in [-0.1, -0.05) is 12.1 Å². The third kappa shape index (κ3) is 3.49. The lowest BCUT2D eigenvalue weighted by Gasteiger charge is -2.10. The highest BCUT2D eigenvalue weighted by atomic mass is 19.4. The van der Waals surface area contributed by atoms with E-state index >= 15 is 0 Å². The van der Waals surface area contributed by atoms with Crippen molar-refractivity contribution < 1.29 is 17.9 Å². The molecule has 0 saturated carbocycles. The van der Waals surface area contributed by atoms with Crippen LogP contribution in [0.15, 0.2) is 48.7 Å². The van der Waals surface area contributed by atoms with Crippen LogP contribution >= 0.6 is 0 Å². The maximum Gasteiger partial charge on any atom is 0.573 e. The minimum absolute atomic E-state index is 0.227. The van der Waals surface area contributed by atoms with Gasteiger partial charge in [0.2, 0.25) is 0 Å². The van der Waals surface area contributed by atoms with E-state index in [4.69, 9.17) is 0 Å². The van der Waals surface area contributed by atoms with Crippen molar-refractivity contribution in [2.45, 2.75) is 12.9 Å². The number of benzene rings is 2. The lowest BCUT2D eigenvalue weighted by molar-refractivity contribution is -0.274. The van der Waals surface area contributed by atoms with Crippen LogP contribution in [-0.4, -0.2) is 16.6 Å². The number of nitrogens with zero attached hydrogens (tertiary/aromatic N) is 1. The highest BCUT2D eigenvalue weighted by Gasteiger charge is 2.30. The maximum absolute atomic E-state index is 12.1. The predicted molar refractivity (Wildman–Crippen MR) is 76.5 cm³/mol. The summed E-state index contributed by atoms with van der Waals surface area (Å²) >= 11 is 0. The lowest BCUT2D eigenvalue weighted by Crippen LogP contribution is -2.17. The maximum atomic E-state index is 12.1. The predicted octanol–water partition coefficient (Wildman–Crippen LogP) is 4.07. The van der Waals surface area contributed by atoms with E-state index < -0.39 is 6.36 Å². The Morgan fingerprint density at radius 2 is 1.86 bits per heavy atom. The number of ether oxygens (including phenoxy) is 1. The SMILES string of the molecule is FC(F)(F)Oc1ccc(CNc2ccc3cn[nH]c3c2)cc1. The normalized spacial score (nSPS) is 11.6. The number of aromatic nitrogens is 2. The molecule has 3 rings (SSSR count). The third-order valence-corrected chi connectivity index (χ3v) is 3.10. The van der Waals surface area contributed by atoms with Gasteiger partial charge in [0.05, 0.1) is 11.7 Å². The van der Waals surface area contributed by atoms with Crippen molar-refractivity contribution in [1.82, 2.24) is 10.2 Å². The second kappa shape index (κ2) is 5.59. The molecule has 0 bridgehead atoms. The Morgan fingerprint density at radius 3 is 2.59 bits per heavy atom. The van der Waals surface area contributed by atoms with E-state index in [0.717, 1.165) is 22.2 Å². The highest BCUT2D eigenvalue weighted by Crippen LogP contribution is 2.23. The zero-order valence-corrected chi connectivity index (χ0v) is 11.3. The van der Waals surface area contributed by atoms with Crippen LogP contribution in [-0.2, 0) is 6.54 Å². The molecule has 7 heteroatoms. The van der Waals surface area contributed by atoms with Gasteiger partial charge >= 0.3 is 6.36 Å². The van der Waals surface area contributed by atoms with Gasteiger partial charge in [-0.05, 0) is 35.9 Å². The average molecular weight is 307 g/mol. The van der Waals surface area contributed by atoms with Crippen molar-refractivity contribution in [3.63, 3.8) is 0 Å². The van der Waals surface area contributed by atoms with Crippen LogP contribution in [0.25, 0.3) is 10.9 Å². The van der Waals surface area contributed by atoms with E-state index in [1.807, 2.05) is 18.2 Å². The molecule has 1 aromatic heterocycles. The molecule has 0 saturated heterocycles. The van der Waals surface area contributed by atoms with Gasteiger partial charge in [0, 0.05) is 17.6 Å². The number of hydrogen-bond donors (Lipinski definition) is 2. The van der Waals surface area contributed by atoms with Crippen LogP contribution < -0.4 is 10.1 Å². The molecular weight excluding hydrogens is 295 g/mol. The minimum Gasteiger partial charge on any atom is -0.406 e. The van der Waals surface area contributed by atoms with Crippen LogP contribution in [0.4, 0.5) is 18.9 Å². The number of fused-ring (bicyclic) bond motifs is 1. The number of halogens is 3. The first-order valence-corrected chi connectivity index (χ1v) is 6.51. The molecule has 0 atom stereocenters. The first kappa shape index (κ1) is 14.2. The van der Waals surface area contributed by atoms with Crippen LogP contribution in [0, 0.1) is 0 Å². The number of alkyl halides is 3. The number of H-pyrrole nitrogens is 1. The molecule has 0 radical (unpaired) electrons. The Morgan fingerprint density at radius 1 is 1.09 bits per heavy atom. The smallest absolute Gasteiger partial charge is 0.406 e. The van der Waals surface area contributed by atoms with Gasteiger partial charge < -0.3 is 10.1 Å². The molecule has 0 fully saturated rings. The number of aromatic amines is 1. The summed E-state index contributed by atoms with van der Waals surface area (Å²) in [6.07, 6.45) is -2.93. The summed E-state index contributed by atoms with van der Waals surface area (Å²) in [6.45, 7) is 0.492.